The fraction of sp³-hybridized carbons (Fsp3) is 0.0800. The first-order valence-electron chi connectivity index (χ1n) is 10.2. The van der Waals surface area contributed by atoms with Crippen LogP contribution in [0, 0.1) is 13.8 Å². The largest absolute Gasteiger partial charge is 0.507 e. The van der Waals surface area contributed by atoms with Crippen molar-refractivity contribution in [1.82, 2.24) is 9.97 Å². The van der Waals surface area contributed by atoms with Crippen molar-refractivity contribution in [2.45, 2.75) is 18.7 Å². The molecule has 0 unspecified atom stereocenters. The number of phenolic OH excluding ortho intramolecular Hbond substituents is 2. The van der Waals surface area contributed by atoms with Crippen LogP contribution in [0.25, 0.3) is 44.3 Å². The van der Waals surface area contributed by atoms with Crippen molar-refractivity contribution in [2.24, 2.45) is 0 Å². The number of aryl methyl sites for hydroxylation is 2. The summed E-state index contributed by atoms with van der Waals surface area (Å²) in [6.45, 7) is 4.02. The standard InChI is InChI=1S/C25H20N2O5S/c1-13-9-10-15(11-14(13)2)16-5-3-7-18(24(16)29)25-26-19-12-21(33(30,31)32)17-6-4-8-20(28)22(17)23(19)27-25/h3-12,28-29H,1-2H3,(H,26,27)(H,30,31,32). The van der Waals surface area contributed by atoms with E-state index in [2.05, 4.69) is 9.97 Å². The monoisotopic (exact) mass is 460 g/mol. The molecular weight excluding hydrogens is 440 g/mol. The Morgan fingerprint density at radius 3 is 2.33 bits per heavy atom. The number of nitrogens with zero attached hydrogens (tertiary/aromatic N) is 1. The van der Waals surface area contributed by atoms with Crippen LogP contribution in [0.3, 0.4) is 0 Å². The first-order chi connectivity index (χ1) is 15.6. The number of aromatic amines is 1. The van der Waals surface area contributed by atoms with Crippen LogP contribution in [-0.2, 0) is 10.1 Å². The lowest BCUT2D eigenvalue weighted by Gasteiger charge is -2.10. The predicted octanol–water partition coefficient (Wildman–Crippen LogP) is 5.32. The molecule has 4 aromatic carbocycles. The lowest BCUT2D eigenvalue weighted by molar-refractivity contribution is 0.478. The zero-order valence-electron chi connectivity index (χ0n) is 17.8. The highest BCUT2D eigenvalue weighted by Crippen LogP contribution is 2.40. The summed E-state index contributed by atoms with van der Waals surface area (Å²) in [6, 6.07) is 16.9. The van der Waals surface area contributed by atoms with Crippen LogP contribution in [0.2, 0.25) is 0 Å². The van der Waals surface area contributed by atoms with Gasteiger partial charge in [0.15, 0.2) is 0 Å². The summed E-state index contributed by atoms with van der Waals surface area (Å²) in [7, 11) is -4.56. The Kier molecular flexibility index (Phi) is 4.66. The highest BCUT2D eigenvalue weighted by Gasteiger charge is 2.22. The number of benzene rings is 4. The van der Waals surface area contributed by atoms with Gasteiger partial charge in [0, 0.05) is 10.9 Å². The number of hydrogen-bond acceptors (Lipinski definition) is 5. The van der Waals surface area contributed by atoms with Crippen LogP contribution < -0.4 is 0 Å². The maximum atomic E-state index is 12.0. The third-order valence-corrected chi connectivity index (χ3v) is 6.83. The molecule has 0 aliphatic carbocycles. The zero-order chi connectivity index (χ0) is 23.5. The van der Waals surface area contributed by atoms with Gasteiger partial charge in [0.05, 0.1) is 16.5 Å². The lowest BCUT2D eigenvalue weighted by atomic mass is 9.98. The van der Waals surface area contributed by atoms with E-state index >= 15 is 0 Å². The molecule has 1 heterocycles. The third kappa shape index (κ3) is 3.40. The van der Waals surface area contributed by atoms with E-state index in [9.17, 15) is 23.2 Å². The molecule has 0 fully saturated rings. The van der Waals surface area contributed by atoms with Crippen molar-refractivity contribution < 1.29 is 23.2 Å². The smallest absolute Gasteiger partial charge is 0.295 e. The van der Waals surface area contributed by atoms with Gasteiger partial charge in [-0.15, -0.1) is 0 Å². The van der Waals surface area contributed by atoms with Gasteiger partial charge < -0.3 is 15.2 Å². The van der Waals surface area contributed by atoms with Crippen LogP contribution >= 0.6 is 0 Å². The lowest BCUT2D eigenvalue weighted by Crippen LogP contribution is -1.99. The first kappa shape index (κ1) is 21.0. The van der Waals surface area contributed by atoms with Crippen LogP contribution in [0.1, 0.15) is 11.1 Å². The Morgan fingerprint density at radius 2 is 1.61 bits per heavy atom. The van der Waals surface area contributed by atoms with Gasteiger partial charge in [-0.25, -0.2) is 4.98 Å². The fourth-order valence-electron chi connectivity index (χ4n) is 4.10. The molecule has 8 heteroatoms. The highest BCUT2D eigenvalue weighted by atomic mass is 32.2. The Balaban J connectivity index is 1.77. The van der Waals surface area contributed by atoms with E-state index in [-0.39, 0.29) is 27.2 Å². The summed E-state index contributed by atoms with van der Waals surface area (Å²) in [5.74, 6) is 0.141. The molecule has 0 amide bonds. The van der Waals surface area contributed by atoms with E-state index in [1.165, 1.54) is 24.3 Å². The summed E-state index contributed by atoms with van der Waals surface area (Å²) in [5, 5.41) is 21.9. The molecule has 0 spiro atoms. The first-order valence-corrected chi connectivity index (χ1v) is 11.6. The van der Waals surface area contributed by atoms with Gasteiger partial charge in [-0.2, -0.15) is 8.42 Å². The normalized spacial score (nSPS) is 12.0. The molecule has 1 aromatic heterocycles. The van der Waals surface area contributed by atoms with Crippen molar-refractivity contribution >= 4 is 31.9 Å². The zero-order valence-corrected chi connectivity index (χ0v) is 18.6. The molecule has 5 aromatic rings. The number of hydrogen-bond donors (Lipinski definition) is 4. The second-order valence-corrected chi connectivity index (χ2v) is 9.42. The average molecular weight is 461 g/mol. The molecule has 0 aliphatic heterocycles. The Morgan fingerprint density at radius 1 is 0.879 bits per heavy atom. The molecule has 0 saturated carbocycles. The van der Waals surface area contributed by atoms with Crippen molar-refractivity contribution in [3.05, 3.63) is 71.8 Å². The van der Waals surface area contributed by atoms with Crippen molar-refractivity contribution in [3.63, 3.8) is 0 Å². The van der Waals surface area contributed by atoms with Crippen LogP contribution in [0.5, 0.6) is 11.5 Å². The molecular formula is C25H20N2O5S. The fourth-order valence-corrected chi connectivity index (χ4v) is 4.82. The summed E-state index contributed by atoms with van der Waals surface area (Å²) in [5.41, 5.74) is 4.75. The van der Waals surface area contributed by atoms with E-state index in [1.807, 2.05) is 38.1 Å². The number of para-hydroxylation sites is 1. The molecule has 7 nitrogen and oxygen atoms in total. The quantitative estimate of drug-likeness (QED) is 0.270. The molecule has 4 N–H and O–H groups in total. The number of phenols is 2. The van der Waals surface area contributed by atoms with Crippen LogP contribution in [-0.4, -0.2) is 33.2 Å². The van der Waals surface area contributed by atoms with E-state index in [4.69, 9.17) is 0 Å². The second kappa shape index (κ2) is 7.33. The SMILES string of the molecule is Cc1ccc(-c2cccc(-c3nc4c(cc(S(=O)(=O)O)c5cccc(O)c54)[nH]3)c2O)cc1C. The maximum absolute atomic E-state index is 12.0. The molecule has 166 valence electrons. The number of rotatable bonds is 3. The molecule has 0 aliphatic rings. The Hall–Kier alpha value is -3.88. The highest BCUT2D eigenvalue weighted by molar-refractivity contribution is 7.86. The molecule has 0 atom stereocenters. The van der Waals surface area contributed by atoms with E-state index < -0.39 is 10.1 Å². The van der Waals surface area contributed by atoms with Crippen LogP contribution in [0.15, 0.2) is 65.6 Å². The van der Waals surface area contributed by atoms with Crippen molar-refractivity contribution in [3.8, 4) is 34.0 Å². The van der Waals surface area contributed by atoms with Gasteiger partial charge in [-0.1, -0.05) is 42.5 Å². The van der Waals surface area contributed by atoms with Crippen LogP contribution in [0.4, 0.5) is 0 Å². The average Bonchev–Trinajstić information content (AvgIpc) is 3.18. The summed E-state index contributed by atoms with van der Waals surface area (Å²) >= 11 is 0. The third-order valence-electron chi connectivity index (χ3n) is 5.94. The minimum Gasteiger partial charge on any atom is -0.507 e. The van der Waals surface area contributed by atoms with E-state index in [0.29, 0.717) is 28.0 Å². The summed E-state index contributed by atoms with van der Waals surface area (Å²) < 4.78 is 33.7. The second-order valence-electron chi connectivity index (χ2n) is 8.03. The van der Waals surface area contributed by atoms with Gasteiger partial charge in [0.25, 0.3) is 10.1 Å². The van der Waals surface area contributed by atoms with Crippen molar-refractivity contribution in [1.29, 1.82) is 0 Å². The minimum atomic E-state index is -4.56. The number of aromatic hydroxyl groups is 2. The van der Waals surface area contributed by atoms with E-state index in [0.717, 1.165) is 16.7 Å². The maximum Gasteiger partial charge on any atom is 0.295 e. The molecule has 33 heavy (non-hydrogen) atoms. The van der Waals surface area contributed by atoms with Gasteiger partial charge in [-0.3, -0.25) is 4.55 Å². The van der Waals surface area contributed by atoms with Gasteiger partial charge >= 0.3 is 0 Å². The predicted molar refractivity (Wildman–Crippen MR) is 127 cm³/mol. The Labute approximate surface area is 189 Å². The number of imidazole rings is 1. The number of H-pyrrole nitrogens is 1. The molecule has 0 radical (unpaired) electrons. The number of fused-ring (bicyclic) bond motifs is 3. The molecule has 5 rings (SSSR count). The van der Waals surface area contributed by atoms with Gasteiger partial charge in [-0.05, 0) is 48.7 Å². The Bertz CT molecular complexity index is 1690. The van der Waals surface area contributed by atoms with Crippen molar-refractivity contribution in [2.75, 3.05) is 0 Å². The number of nitrogens with one attached hydrogen (secondary N) is 1. The van der Waals surface area contributed by atoms with Gasteiger partial charge in [0.1, 0.15) is 27.7 Å². The van der Waals surface area contributed by atoms with Gasteiger partial charge in [0.2, 0.25) is 0 Å². The summed E-state index contributed by atoms with van der Waals surface area (Å²) in [6.07, 6.45) is 0. The molecule has 0 saturated heterocycles. The van der Waals surface area contributed by atoms with E-state index in [1.54, 1.807) is 12.1 Å². The topological polar surface area (TPSA) is 124 Å². The number of aromatic nitrogens is 2. The summed E-state index contributed by atoms with van der Waals surface area (Å²) in [4.78, 5) is 7.25. The minimum absolute atomic E-state index is 0.0170. The molecule has 0 bridgehead atoms.